The Morgan fingerprint density at radius 1 is 1.17 bits per heavy atom. The molecule has 1 saturated heterocycles. The van der Waals surface area contributed by atoms with Crippen LogP contribution in [0.3, 0.4) is 0 Å². The van der Waals surface area contributed by atoms with E-state index in [0.29, 0.717) is 22.3 Å². The van der Waals surface area contributed by atoms with E-state index in [0.717, 1.165) is 22.9 Å². The highest BCUT2D eigenvalue weighted by Crippen LogP contribution is 2.29. The van der Waals surface area contributed by atoms with Crippen LogP contribution in [0.2, 0.25) is 5.02 Å². The molecule has 2 aromatic rings. The van der Waals surface area contributed by atoms with E-state index in [1.54, 1.807) is 6.08 Å². The van der Waals surface area contributed by atoms with Gasteiger partial charge in [-0.1, -0.05) is 48.0 Å². The predicted octanol–water partition coefficient (Wildman–Crippen LogP) is 4.06. The van der Waals surface area contributed by atoms with Crippen LogP contribution in [0.1, 0.15) is 11.1 Å². The standard InChI is InChI=1S/C17H13ClN2O2S/c18-13-7-3-1-6-12(13)10-22-14-8-4-2-5-11(14)9-15-16(21)20-17(19)23-15/h1-9H,10H2,(H2,19,20,21). The molecule has 1 heterocycles. The largest absolute Gasteiger partial charge is 0.488 e. The summed E-state index contributed by atoms with van der Waals surface area (Å²) in [5.41, 5.74) is 1.68. The third-order valence-corrected chi connectivity index (χ3v) is 4.41. The second-order valence-electron chi connectivity index (χ2n) is 4.81. The van der Waals surface area contributed by atoms with E-state index in [4.69, 9.17) is 21.7 Å². The molecule has 2 aromatic carbocycles. The summed E-state index contributed by atoms with van der Waals surface area (Å²) in [6.07, 6.45) is 1.73. The molecule has 0 spiro atoms. The minimum Gasteiger partial charge on any atom is -0.488 e. The number of benzene rings is 2. The highest BCUT2D eigenvalue weighted by Gasteiger charge is 2.22. The molecule has 3 rings (SSSR count). The molecule has 1 fully saturated rings. The highest BCUT2D eigenvalue weighted by molar-refractivity contribution is 8.18. The van der Waals surface area contributed by atoms with Crippen LogP contribution in [0.25, 0.3) is 6.08 Å². The van der Waals surface area contributed by atoms with E-state index in [2.05, 4.69) is 5.32 Å². The Hall–Kier alpha value is -2.24. The quantitative estimate of drug-likeness (QED) is 0.822. The van der Waals surface area contributed by atoms with Crippen molar-refractivity contribution in [3.05, 3.63) is 69.6 Å². The van der Waals surface area contributed by atoms with Crippen molar-refractivity contribution in [3.63, 3.8) is 0 Å². The van der Waals surface area contributed by atoms with Crippen molar-refractivity contribution >= 4 is 40.5 Å². The third-order valence-electron chi connectivity index (χ3n) is 3.21. The highest BCUT2D eigenvalue weighted by atomic mass is 35.5. The fourth-order valence-corrected chi connectivity index (χ4v) is 2.97. The number of carbonyl (C=O) groups is 1. The summed E-state index contributed by atoms with van der Waals surface area (Å²) in [4.78, 5) is 12.2. The first-order chi connectivity index (χ1) is 11.1. The maximum absolute atomic E-state index is 11.7. The lowest BCUT2D eigenvalue weighted by atomic mass is 10.2. The topological polar surface area (TPSA) is 62.2 Å². The van der Waals surface area contributed by atoms with Gasteiger partial charge in [0.15, 0.2) is 5.17 Å². The summed E-state index contributed by atoms with van der Waals surface area (Å²) in [6.45, 7) is 0.342. The van der Waals surface area contributed by atoms with Crippen molar-refractivity contribution in [2.24, 2.45) is 0 Å². The Balaban J connectivity index is 1.81. The van der Waals surface area contributed by atoms with Gasteiger partial charge in [-0.25, -0.2) is 0 Å². The lowest BCUT2D eigenvalue weighted by Crippen LogP contribution is -2.18. The van der Waals surface area contributed by atoms with E-state index in [-0.39, 0.29) is 11.1 Å². The molecule has 0 aliphatic carbocycles. The monoisotopic (exact) mass is 344 g/mol. The zero-order valence-corrected chi connectivity index (χ0v) is 13.6. The molecular formula is C17H13ClN2O2S. The van der Waals surface area contributed by atoms with Crippen molar-refractivity contribution in [2.45, 2.75) is 6.61 Å². The number of nitrogens with one attached hydrogen (secondary N) is 2. The third kappa shape index (κ3) is 3.75. The van der Waals surface area contributed by atoms with Crippen LogP contribution < -0.4 is 10.1 Å². The van der Waals surface area contributed by atoms with Crippen molar-refractivity contribution in [1.82, 2.24) is 5.32 Å². The van der Waals surface area contributed by atoms with Gasteiger partial charge >= 0.3 is 0 Å². The van der Waals surface area contributed by atoms with Gasteiger partial charge in [0.2, 0.25) is 0 Å². The van der Waals surface area contributed by atoms with Crippen molar-refractivity contribution in [3.8, 4) is 5.75 Å². The number of rotatable bonds is 4. The smallest absolute Gasteiger partial charge is 0.264 e. The lowest BCUT2D eigenvalue weighted by Gasteiger charge is -2.10. The molecule has 0 radical (unpaired) electrons. The molecule has 1 aliphatic rings. The van der Waals surface area contributed by atoms with Crippen molar-refractivity contribution in [1.29, 1.82) is 5.41 Å². The maximum atomic E-state index is 11.7. The summed E-state index contributed by atoms with van der Waals surface area (Å²) >= 11 is 7.23. The number of ether oxygens (including phenoxy) is 1. The Morgan fingerprint density at radius 2 is 1.91 bits per heavy atom. The summed E-state index contributed by atoms with van der Waals surface area (Å²) < 4.78 is 5.85. The van der Waals surface area contributed by atoms with Gasteiger partial charge in [0.25, 0.3) is 5.91 Å². The van der Waals surface area contributed by atoms with Crippen molar-refractivity contribution in [2.75, 3.05) is 0 Å². The first-order valence-corrected chi connectivity index (χ1v) is 8.07. The Bertz CT molecular complexity index is 805. The SMILES string of the molecule is N=C1NC(=O)C(=Cc2ccccc2OCc2ccccc2Cl)S1. The van der Waals surface area contributed by atoms with Crippen LogP contribution >= 0.6 is 23.4 Å². The Labute approximate surface area is 143 Å². The molecular weight excluding hydrogens is 332 g/mol. The number of hydrogen-bond acceptors (Lipinski definition) is 4. The second kappa shape index (κ2) is 6.89. The zero-order valence-electron chi connectivity index (χ0n) is 12.0. The zero-order chi connectivity index (χ0) is 16.2. The molecule has 4 nitrogen and oxygen atoms in total. The number of amidine groups is 1. The fourth-order valence-electron chi connectivity index (χ4n) is 2.08. The van der Waals surface area contributed by atoms with E-state index in [1.165, 1.54) is 0 Å². The minimum atomic E-state index is -0.263. The van der Waals surface area contributed by atoms with E-state index in [9.17, 15) is 4.79 Å². The molecule has 23 heavy (non-hydrogen) atoms. The van der Waals surface area contributed by atoms with Crippen LogP contribution in [0, 0.1) is 5.41 Å². The summed E-state index contributed by atoms with van der Waals surface area (Å²) in [6, 6.07) is 14.9. The number of hydrogen-bond donors (Lipinski definition) is 2. The van der Waals surface area contributed by atoms with E-state index in [1.807, 2.05) is 48.5 Å². The molecule has 2 N–H and O–H groups in total. The predicted molar refractivity (Wildman–Crippen MR) is 93.7 cm³/mol. The van der Waals surface area contributed by atoms with Crippen LogP contribution in [0.15, 0.2) is 53.4 Å². The van der Waals surface area contributed by atoms with Crippen LogP contribution in [-0.2, 0) is 11.4 Å². The molecule has 6 heteroatoms. The van der Waals surface area contributed by atoms with Crippen LogP contribution in [0.4, 0.5) is 0 Å². The normalized spacial score (nSPS) is 15.8. The lowest BCUT2D eigenvalue weighted by molar-refractivity contribution is -0.115. The van der Waals surface area contributed by atoms with Gasteiger partial charge < -0.3 is 10.1 Å². The molecule has 1 amide bonds. The van der Waals surface area contributed by atoms with E-state index < -0.39 is 0 Å². The summed E-state index contributed by atoms with van der Waals surface area (Å²) in [5.74, 6) is 0.396. The summed E-state index contributed by atoms with van der Waals surface area (Å²) in [5, 5.41) is 10.7. The second-order valence-corrected chi connectivity index (χ2v) is 6.27. The van der Waals surface area contributed by atoms with Crippen LogP contribution in [-0.4, -0.2) is 11.1 Å². The Kier molecular flexibility index (Phi) is 4.69. The first kappa shape index (κ1) is 15.6. The maximum Gasteiger partial charge on any atom is 0.264 e. The molecule has 116 valence electrons. The van der Waals surface area contributed by atoms with Gasteiger partial charge in [-0.2, -0.15) is 0 Å². The number of amides is 1. The van der Waals surface area contributed by atoms with Gasteiger partial charge in [0.05, 0.1) is 4.91 Å². The molecule has 0 aromatic heterocycles. The van der Waals surface area contributed by atoms with Gasteiger partial charge in [-0.3, -0.25) is 10.2 Å². The molecule has 1 aliphatic heterocycles. The number of thioether (sulfide) groups is 1. The average Bonchev–Trinajstić information content (AvgIpc) is 2.85. The molecule has 0 saturated carbocycles. The van der Waals surface area contributed by atoms with Crippen LogP contribution in [0.5, 0.6) is 5.75 Å². The number of carbonyl (C=O) groups excluding carboxylic acids is 1. The van der Waals surface area contributed by atoms with Crippen molar-refractivity contribution < 1.29 is 9.53 Å². The van der Waals surface area contributed by atoms with E-state index >= 15 is 0 Å². The van der Waals surface area contributed by atoms with Gasteiger partial charge in [-0.15, -0.1) is 0 Å². The minimum absolute atomic E-state index is 0.135. The molecule has 0 bridgehead atoms. The first-order valence-electron chi connectivity index (χ1n) is 6.88. The number of para-hydroxylation sites is 1. The summed E-state index contributed by atoms with van der Waals surface area (Å²) in [7, 11) is 0. The number of halogens is 1. The van der Waals surface area contributed by atoms with Gasteiger partial charge in [-0.05, 0) is 30.0 Å². The van der Waals surface area contributed by atoms with Gasteiger partial charge in [0.1, 0.15) is 12.4 Å². The average molecular weight is 345 g/mol. The Morgan fingerprint density at radius 3 is 2.65 bits per heavy atom. The molecule has 0 atom stereocenters. The fraction of sp³-hybridized carbons (Fsp3) is 0.0588. The van der Waals surface area contributed by atoms with Gasteiger partial charge in [0, 0.05) is 16.1 Å². The molecule has 0 unspecified atom stereocenters.